The van der Waals surface area contributed by atoms with Crippen LogP contribution in [-0.2, 0) is 9.59 Å². The van der Waals surface area contributed by atoms with Gasteiger partial charge in [0.05, 0.1) is 12.0 Å². The number of methoxy groups -OCH3 is 1. The van der Waals surface area contributed by atoms with Gasteiger partial charge in [-0.05, 0) is 82.4 Å². The van der Waals surface area contributed by atoms with Crippen molar-refractivity contribution in [1.29, 1.82) is 0 Å². The van der Waals surface area contributed by atoms with Gasteiger partial charge in [0.2, 0.25) is 5.91 Å². The predicted octanol–water partition coefficient (Wildman–Crippen LogP) is 3.68. The van der Waals surface area contributed by atoms with Gasteiger partial charge in [0, 0.05) is 9.26 Å². The average Bonchev–Trinajstić information content (AvgIpc) is 2.92. The molecule has 0 bridgehead atoms. The minimum absolute atomic E-state index is 0.0278. The molecule has 0 radical (unpaired) electrons. The Labute approximate surface area is 178 Å². The van der Waals surface area contributed by atoms with Crippen LogP contribution in [0, 0.1) is 3.57 Å². The zero-order valence-electron chi connectivity index (χ0n) is 14.6. The lowest BCUT2D eigenvalue weighted by Gasteiger charge is -2.12. The Morgan fingerprint density at radius 2 is 1.96 bits per heavy atom. The van der Waals surface area contributed by atoms with Gasteiger partial charge >= 0.3 is 0 Å². The van der Waals surface area contributed by atoms with E-state index in [2.05, 4.69) is 27.9 Å². The number of rotatable bonds is 5. The first-order valence-corrected chi connectivity index (χ1v) is 9.94. The lowest BCUT2D eigenvalue weighted by Crippen LogP contribution is -2.36. The van der Waals surface area contributed by atoms with Gasteiger partial charge in [-0.1, -0.05) is 6.07 Å². The molecule has 0 aliphatic carbocycles. The van der Waals surface area contributed by atoms with Crippen molar-refractivity contribution in [2.45, 2.75) is 0 Å². The number of nitrogens with one attached hydrogen (secondary N) is 1. The van der Waals surface area contributed by atoms with Gasteiger partial charge in [-0.25, -0.2) is 0 Å². The molecule has 7 nitrogen and oxygen atoms in total. The summed E-state index contributed by atoms with van der Waals surface area (Å²) >= 11 is 2.91. The number of benzene rings is 2. The van der Waals surface area contributed by atoms with E-state index in [1.165, 1.54) is 19.3 Å². The summed E-state index contributed by atoms with van der Waals surface area (Å²) in [6, 6.07) is 11.7. The topological polar surface area (TPSA) is 95.9 Å². The molecule has 1 saturated heterocycles. The van der Waals surface area contributed by atoms with E-state index in [0.717, 1.165) is 20.2 Å². The number of aromatic hydroxyl groups is 1. The molecule has 1 fully saturated rings. The fourth-order valence-electron chi connectivity index (χ4n) is 2.45. The van der Waals surface area contributed by atoms with Crippen LogP contribution in [0.25, 0.3) is 6.08 Å². The number of nitrogens with zero attached hydrogens (tertiary/aromatic N) is 1. The summed E-state index contributed by atoms with van der Waals surface area (Å²) in [6.45, 7) is -0.368. The summed E-state index contributed by atoms with van der Waals surface area (Å²) in [7, 11) is 1.42. The summed E-state index contributed by atoms with van der Waals surface area (Å²) < 4.78 is 6.06. The summed E-state index contributed by atoms with van der Waals surface area (Å²) in [6.07, 6.45) is 1.52. The normalized spacial score (nSPS) is 15.2. The van der Waals surface area contributed by atoms with E-state index in [4.69, 9.17) is 4.74 Å². The zero-order valence-corrected chi connectivity index (χ0v) is 17.6. The van der Waals surface area contributed by atoms with Crippen LogP contribution in [0.5, 0.6) is 11.5 Å². The number of hydrogen-bond donors (Lipinski definition) is 2. The molecule has 28 heavy (non-hydrogen) atoms. The van der Waals surface area contributed by atoms with Crippen molar-refractivity contribution in [3.63, 3.8) is 0 Å². The molecule has 3 amide bonds. The average molecular weight is 510 g/mol. The molecule has 0 atom stereocenters. The fraction of sp³-hybridized carbons (Fsp3) is 0.105. The lowest BCUT2D eigenvalue weighted by molar-refractivity contribution is -0.127. The summed E-state index contributed by atoms with van der Waals surface area (Å²) in [5, 5.41) is 11.8. The summed E-state index contributed by atoms with van der Waals surface area (Å²) in [4.78, 5) is 38.0. The highest BCUT2D eigenvalue weighted by molar-refractivity contribution is 14.1. The third-order valence-corrected chi connectivity index (χ3v) is 5.43. The van der Waals surface area contributed by atoms with Crippen molar-refractivity contribution in [2.75, 3.05) is 19.0 Å². The first kappa shape index (κ1) is 20.2. The lowest BCUT2D eigenvalue weighted by atomic mass is 10.2. The molecule has 0 aromatic heterocycles. The third kappa shape index (κ3) is 4.65. The largest absolute Gasteiger partial charge is 0.504 e. The van der Waals surface area contributed by atoms with Crippen molar-refractivity contribution in [3.8, 4) is 11.5 Å². The molecule has 1 aliphatic heterocycles. The minimum atomic E-state index is -0.542. The molecular formula is C19H15IN2O5S. The molecule has 1 aliphatic rings. The van der Waals surface area contributed by atoms with Gasteiger partial charge in [0.15, 0.2) is 11.5 Å². The SMILES string of the molecule is COc1cc(/C=C2/SC(=O)N(CC(=O)Nc3ccc(I)cc3)C2=O)ccc1O. The van der Waals surface area contributed by atoms with E-state index >= 15 is 0 Å². The second-order valence-electron chi connectivity index (χ2n) is 5.75. The van der Waals surface area contributed by atoms with Gasteiger partial charge in [-0.2, -0.15) is 0 Å². The predicted molar refractivity (Wildman–Crippen MR) is 115 cm³/mol. The first-order chi connectivity index (χ1) is 13.4. The van der Waals surface area contributed by atoms with Crippen LogP contribution in [0.15, 0.2) is 47.4 Å². The van der Waals surface area contributed by atoms with E-state index in [1.54, 1.807) is 24.3 Å². The Balaban J connectivity index is 1.70. The molecule has 2 N–H and O–H groups in total. The monoisotopic (exact) mass is 510 g/mol. The van der Waals surface area contributed by atoms with Crippen LogP contribution in [0.4, 0.5) is 10.5 Å². The van der Waals surface area contributed by atoms with Gasteiger partial charge in [0.1, 0.15) is 6.54 Å². The Kier molecular flexibility index (Phi) is 6.25. The molecule has 144 valence electrons. The molecule has 9 heteroatoms. The number of thioether (sulfide) groups is 1. The van der Waals surface area contributed by atoms with Crippen LogP contribution in [0.2, 0.25) is 0 Å². The quantitative estimate of drug-likeness (QED) is 0.471. The number of carbonyl (C=O) groups excluding carboxylic acids is 3. The molecule has 3 rings (SSSR count). The van der Waals surface area contributed by atoms with Crippen molar-refractivity contribution in [2.24, 2.45) is 0 Å². The van der Waals surface area contributed by atoms with Crippen LogP contribution in [0.3, 0.4) is 0 Å². The van der Waals surface area contributed by atoms with Crippen molar-refractivity contribution in [1.82, 2.24) is 4.90 Å². The van der Waals surface area contributed by atoms with E-state index in [9.17, 15) is 19.5 Å². The second-order valence-corrected chi connectivity index (χ2v) is 7.99. The number of anilines is 1. The molecule has 0 saturated carbocycles. The van der Waals surface area contributed by atoms with E-state index in [1.807, 2.05) is 12.1 Å². The summed E-state index contributed by atoms with van der Waals surface area (Å²) in [5.74, 6) is -0.777. The molecule has 0 unspecified atom stereocenters. The van der Waals surface area contributed by atoms with Crippen LogP contribution >= 0.6 is 34.4 Å². The van der Waals surface area contributed by atoms with E-state index in [-0.39, 0.29) is 22.9 Å². The Hall–Kier alpha value is -2.53. The van der Waals surface area contributed by atoms with Crippen LogP contribution < -0.4 is 10.1 Å². The first-order valence-electron chi connectivity index (χ1n) is 8.05. The smallest absolute Gasteiger partial charge is 0.294 e. The molecular weight excluding hydrogens is 495 g/mol. The number of ether oxygens (including phenoxy) is 1. The minimum Gasteiger partial charge on any atom is -0.504 e. The third-order valence-electron chi connectivity index (χ3n) is 3.80. The highest BCUT2D eigenvalue weighted by atomic mass is 127. The van der Waals surface area contributed by atoms with Crippen molar-refractivity contribution < 1.29 is 24.2 Å². The maximum atomic E-state index is 12.5. The number of imide groups is 1. The highest BCUT2D eigenvalue weighted by Gasteiger charge is 2.36. The van der Waals surface area contributed by atoms with Crippen molar-refractivity contribution in [3.05, 3.63) is 56.5 Å². The van der Waals surface area contributed by atoms with Crippen LogP contribution in [-0.4, -0.2) is 40.7 Å². The van der Waals surface area contributed by atoms with E-state index in [0.29, 0.717) is 11.3 Å². The number of halogens is 1. The molecule has 2 aromatic carbocycles. The maximum absolute atomic E-state index is 12.5. The fourth-order valence-corrected chi connectivity index (χ4v) is 3.65. The molecule has 1 heterocycles. The Morgan fingerprint density at radius 3 is 2.64 bits per heavy atom. The van der Waals surface area contributed by atoms with Gasteiger partial charge in [-0.15, -0.1) is 0 Å². The zero-order chi connectivity index (χ0) is 20.3. The molecule has 2 aromatic rings. The highest BCUT2D eigenvalue weighted by Crippen LogP contribution is 2.34. The van der Waals surface area contributed by atoms with Crippen LogP contribution in [0.1, 0.15) is 5.56 Å². The molecule has 0 spiro atoms. The Morgan fingerprint density at radius 1 is 1.25 bits per heavy atom. The van der Waals surface area contributed by atoms with Crippen molar-refractivity contribution >= 4 is 63.2 Å². The number of carbonyl (C=O) groups is 3. The number of phenols is 1. The van der Waals surface area contributed by atoms with Gasteiger partial charge < -0.3 is 15.2 Å². The standard InChI is InChI=1S/C19H15IN2O5S/c1-27-15-8-11(2-7-14(15)23)9-16-18(25)22(19(26)28-16)10-17(24)21-13-5-3-12(20)4-6-13/h2-9,23H,10H2,1H3,(H,21,24)/b16-9+. The van der Waals surface area contributed by atoms with Gasteiger partial charge in [0.25, 0.3) is 11.1 Å². The maximum Gasteiger partial charge on any atom is 0.294 e. The number of amides is 3. The second kappa shape index (κ2) is 8.65. The number of hydrogen-bond acceptors (Lipinski definition) is 6. The van der Waals surface area contributed by atoms with E-state index < -0.39 is 17.1 Å². The van der Waals surface area contributed by atoms with Gasteiger partial charge in [-0.3, -0.25) is 19.3 Å². The number of phenolic OH excluding ortho intramolecular Hbond substituents is 1. The Bertz CT molecular complexity index is 975. The summed E-state index contributed by atoms with van der Waals surface area (Å²) in [5.41, 5.74) is 1.17.